The molecule has 4 aliphatic carbocycles. The highest BCUT2D eigenvalue weighted by Crippen LogP contribution is 2.67. The summed E-state index contributed by atoms with van der Waals surface area (Å²) in [6.45, 7) is 20.4. The van der Waals surface area contributed by atoms with E-state index in [0.717, 1.165) is 66.9 Å². The number of carbonyl (C=O) groups excluding carboxylic acids is 2. The number of fused-ring (bicyclic) bond motifs is 5. The second-order valence-electron chi connectivity index (χ2n) is 17.9. The number of rotatable bonds is 15. The van der Waals surface area contributed by atoms with Gasteiger partial charge in [0.05, 0.1) is 12.4 Å². The highest BCUT2D eigenvalue weighted by atomic mass is 16.5. The molecule has 0 aromatic carbocycles. The molecule has 0 aliphatic heterocycles. The molecule has 5 rings (SSSR count). The van der Waals surface area contributed by atoms with Crippen LogP contribution in [0.1, 0.15) is 151 Å². The lowest BCUT2D eigenvalue weighted by atomic mass is 9.47. The van der Waals surface area contributed by atoms with E-state index in [1.165, 1.54) is 51.4 Å². The second-order valence-corrected chi connectivity index (χ2v) is 17.9. The lowest BCUT2D eigenvalue weighted by Gasteiger charge is -2.58. The first-order valence-corrected chi connectivity index (χ1v) is 19.9. The van der Waals surface area contributed by atoms with Crippen LogP contribution >= 0.6 is 0 Å². The van der Waals surface area contributed by atoms with Crippen molar-refractivity contribution in [2.45, 2.75) is 170 Å². The second kappa shape index (κ2) is 15.1. The molecule has 48 heavy (non-hydrogen) atoms. The zero-order valence-electron chi connectivity index (χ0n) is 32.0. The maximum Gasteiger partial charge on any atom is 0.326 e. The van der Waals surface area contributed by atoms with Crippen LogP contribution in [-0.4, -0.2) is 39.4 Å². The molecule has 4 unspecified atom stereocenters. The Morgan fingerprint density at radius 3 is 2.50 bits per heavy atom. The van der Waals surface area contributed by atoms with Gasteiger partial charge in [-0.25, -0.2) is 4.98 Å². The van der Waals surface area contributed by atoms with Crippen LogP contribution in [0, 0.1) is 52.3 Å². The number of H-pyrrole nitrogens is 1. The van der Waals surface area contributed by atoms with Crippen LogP contribution in [-0.2, 0) is 20.7 Å². The molecule has 0 bridgehead atoms. The van der Waals surface area contributed by atoms with Crippen molar-refractivity contribution in [2.24, 2.45) is 52.3 Å². The molecule has 1 aromatic heterocycles. The van der Waals surface area contributed by atoms with E-state index in [0.29, 0.717) is 18.3 Å². The Hall–Kier alpha value is -1.95. The number of carbonyl (C=O) groups is 2. The summed E-state index contributed by atoms with van der Waals surface area (Å²) >= 11 is 0. The Kier molecular flexibility index (Phi) is 11.7. The zero-order chi connectivity index (χ0) is 34.9. The topological polar surface area (TPSA) is 84.1 Å². The van der Waals surface area contributed by atoms with Gasteiger partial charge in [-0.05, 0) is 111 Å². The molecule has 3 saturated carbocycles. The highest BCUT2D eigenvalue weighted by Gasteiger charge is 2.59. The number of hydrogen-bond acceptors (Lipinski definition) is 5. The lowest BCUT2D eigenvalue weighted by Crippen LogP contribution is -2.58. The van der Waals surface area contributed by atoms with E-state index < -0.39 is 11.6 Å². The first kappa shape index (κ1) is 37.3. The van der Waals surface area contributed by atoms with Gasteiger partial charge in [-0.1, -0.05) is 86.3 Å². The maximum atomic E-state index is 13.9. The maximum absolute atomic E-state index is 13.9. The average Bonchev–Trinajstić information content (AvgIpc) is 3.70. The zero-order valence-corrected chi connectivity index (χ0v) is 32.0. The van der Waals surface area contributed by atoms with E-state index in [-0.39, 0.29) is 29.2 Å². The summed E-state index contributed by atoms with van der Waals surface area (Å²) < 4.78 is 6.38. The molecule has 270 valence electrons. The van der Waals surface area contributed by atoms with Gasteiger partial charge in [-0.15, -0.1) is 0 Å². The molecule has 0 amide bonds. The van der Waals surface area contributed by atoms with Crippen LogP contribution in [0.4, 0.5) is 0 Å². The number of imidazole rings is 1. The highest BCUT2D eigenvalue weighted by molar-refractivity contribution is 5.88. The van der Waals surface area contributed by atoms with Crippen molar-refractivity contribution in [2.75, 3.05) is 0 Å². The van der Waals surface area contributed by atoms with E-state index >= 15 is 0 Å². The number of ketones is 1. The summed E-state index contributed by atoms with van der Waals surface area (Å²) in [4.78, 5) is 34.7. The van der Waals surface area contributed by atoms with Crippen LogP contribution in [0.15, 0.2) is 24.2 Å². The fourth-order valence-corrected chi connectivity index (χ4v) is 11.1. The number of Topliss-reactive ketones (excluding diaryl/α,β-unsaturated/α-hetero) is 1. The fourth-order valence-electron chi connectivity index (χ4n) is 11.1. The van der Waals surface area contributed by atoms with Crippen molar-refractivity contribution in [1.82, 2.24) is 15.3 Å². The molecule has 0 saturated heterocycles. The minimum atomic E-state index is -0.945. The van der Waals surface area contributed by atoms with Gasteiger partial charge in [0.25, 0.3) is 0 Å². The number of nitrogens with zero attached hydrogens (tertiary/aromatic N) is 1. The van der Waals surface area contributed by atoms with Crippen LogP contribution in [0.3, 0.4) is 0 Å². The minimum absolute atomic E-state index is 0.0912. The molecular weight excluding hydrogens is 594 g/mol. The Balaban J connectivity index is 1.24. The first-order chi connectivity index (χ1) is 22.8. The summed E-state index contributed by atoms with van der Waals surface area (Å²) in [6, 6.07) is -0.485. The molecule has 11 atom stereocenters. The number of nitrogens with one attached hydrogen (secondary N) is 2. The quantitative estimate of drug-likeness (QED) is 0.144. The number of hydrogen-bond donors (Lipinski definition) is 2. The van der Waals surface area contributed by atoms with Gasteiger partial charge in [0.2, 0.25) is 0 Å². The van der Waals surface area contributed by atoms with Crippen LogP contribution < -0.4 is 5.32 Å². The van der Waals surface area contributed by atoms with Gasteiger partial charge in [-0.2, -0.15) is 0 Å². The van der Waals surface area contributed by atoms with E-state index in [1.54, 1.807) is 18.1 Å². The third-order valence-corrected chi connectivity index (χ3v) is 14.6. The Bertz CT molecular complexity index is 1270. The number of ether oxygens (including phenoxy) is 1. The van der Waals surface area contributed by atoms with Crippen molar-refractivity contribution in [3.05, 3.63) is 29.9 Å². The smallest absolute Gasteiger partial charge is 0.326 e. The molecule has 6 nitrogen and oxygen atoms in total. The van der Waals surface area contributed by atoms with Gasteiger partial charge in [0, 0.05) is 30.7 Å². The van der Waals surface area contributed by atoms with Crippen LogP contribution in [0.25, 0.3) is 0 Å². The lowest BCUT2D eigenvalue weighted by molar-refractivity contribution is -0.159. The SMILES string of the molecule is CCC(C)C(=O)[C@H](Cc1cnc[nH]1)NC(C)(CC)C(=O)O[C@H]1CC[C@@]2(C)C(=CCC3[C@@H]4CC[C@H](C(C)CCCC(C)C)[C@@]4(C)CC[C@@H]32)C1. The average molecular weight is 664 g/mol. The van der Waals surface area contributed by atoms with Gasteiger partial charge in [0.1, 0.15) is 11.6 Å². The molecule has 4 aliphatic rings. The number of aromatic amines is 1. The molecule has 1 heterocycles. The van der Waals surface area contributed by atoms with Crippen molar-refractivity contribution in [3.63, 3.8) is 0 Å². The molecule has 3 fully saturated rings. The Morgan fingerprint density at radius 1 is 1.06 bits per heavy atom. The predicted molar refractivity (Wildman–Crippen MR) is 195 cm³/mol. The molecular formula is C42H69N3O3. The van der Waals surface area contributed by atoms with E-state index in [4.69, 9.17) is 4.74 Å². The van der Waals surface area contributed by atoms with Crippen molar-refractivity contribution < 1.29 is 14.3 Å². The van der Waals surface area contributed by atoms with E-state index in [1.807, 2.05) is 27.7 Å². The van der Waals surface area contributed by atoms with Crippen molar-refractivity contribution in [3.8, 4) is 0 Å². The normalized spacial score (nSPS) is 34.6. The van der Waals surface area contributed by atoms with Gasteiger partial charge in [-0.3, -0.25) is 14.9 Å². The number of esters is 1. The number of aromatic nitrogens is 2. The summed E-state index contributed by atoms with van der Waals surface area (Å²) in [7, 11) is 0. The van der Waals surface area contributed by atoms with Crippen LogP contribution in [0.5, 0.6) is 0 Å². The first-order valence-electron chi connectivity index (χ1n) is 19.9. The monoisotopic (exact) mass is 664 g/mol. The standard InChI is InChI=1S/C42H69N3O3/c1-10-28(5)38(46)37(24-31-25-43-26-44-31)45-42(9,11-2)39(47)48-32-19-21-40(7)30(23-32)15-16-33-35-18-17-34(29(6)14-12-13-27(3)4)41(35,8)22-20-36(33)40/h15,25-29,32-37,45H,10-14,16-24H2,1-9H3,(H,43,44)/t28?,29?,32-,33?,34+,35-,36-,37-,40-,41+,42?/m0/s1. The molecule has 0 radical (unpaired) electrons. The molecule has 0 spiro atoms. The Morgan fingerprint density at radius 2 is 1.83 bits per heavy atom. The summed E-state index contributed by atoms with van der Waals surface area (Å²) in [5, 5.41) is 3.49. The van der Waals surface area contributed by atoms with Gasteiger partial charge in [0.15, 0.2) is 5.78 Å². The van der Waals surface area contributed by atoms with Gasteiger partial charge < -0.3 is 9.72 Å². The summed E-state index contributed by atoms with van der Waals surface area (Å²) in [6.07, 6.45) is 21.5. The fraction of sp³-hybridized carbons (Fsp3) is 0.833. The molecule has 6 heteroatoms. The third kappa shape index (κ3) is 7.40. The predicted octanol–water partition coefficient (Wildman–Crippen LogP) is 9.65. The number of allylic oxidation sites excluding steroid dienone is 1. The van der Waals surface area contributed by atoms with E-state index in [9.17, 15) is 9.59 Å². The summed E-state index contributed by atoms with van der Waals surface area (Å²) in [5.74, 6) is 4.74. The molecule has 2 N–H and O–H groups in total. The molecule has 1 aromatic rings. The minimum Gasteiger partial charge on any atom is -0.461 e. The van der Waals surface area contributed by atoms with Crippen molar-refractivity contribution in [1.29, 1.82) is 0 Å². The Labute approximate surface area is 292 Å². The van der Waals surface area contributed by atoms with Gasteiger partial charge >= 0.3 is 5.97 Å². The van der Waals surface area contributed by atoms with Crippen molar-refractivity contribution >= 4 is 11.8 Å². The summed E-state index contributed by atoms with van der Waals surface area (Å²) in [5.41, 5.74) is 2.20. The third-order valence-electron chi connectivity index (χ3n) is 14.6. The van der Waals surface area contributed by atoms with E-state index in [2.05, 4.69) is 56.0 Å². The van der Waals surface area contributed by atoms with Crippen LogP contribution in [0.2, 0.25) is 0 Å². The largest absolute Gasteiger partial charge is 0.461 e.